The van der Waals surface area contributed by atoms with Gasteiger partial charge in [0, 0.05) is 12.2 Å². The fourth-order valence-corrected chi connectivity index (χ4v) is 1.46. The highest BCUT2D eigenvalue weighted by Crippen LogP contribution is 2.22. The van der Waals surface area contributed by atoms with Crippen molar-refractivity contribution in [3.05, 3.63) is 24.0 Å². The Hall–Kier alpha value is -1.78. The van der Waals surface area contributed by atoms with Crippen LogP contribution in [0.5, 0.6) is 0 Å². The normalized spacial score (nSPS) is 13.1. The average molecular weight is 238 g/mol. The van der Waals surface area contributed by atoms with Crippen LogP contribution in [0.1, 0.15) is 37.7 Å². The van der Waals surface area contributed by atoms with Crippen LogP contribution in [0.4, 0.5) is 0 Å². The smallest absolute Gasteiger partial charge is 0.305 e. The van der Waals surface area contributed by atoms with Crippen molar-refractivity contribution in [1.29, 1.82) is 0 Å². The summed E-state index contributed by atoms with van der Waals surface area (Å²) in [5.74, 6) is -1.20. The molecule has 0 aliphatic carbocycles. The highest BCUT2D eigenvalue weighted by atomic mass is 16.4. The molecular formula is C12H18N2O3. The summed E-state index contributed by atoms with van der Waals surface area (Å²) in [4.78, 5) is 25.4. The molecule has 1 unspecified atom stereocenters. The van der Waals surface area contributed by atoms with Crippen molar-refractivity contribution in [2.24, 2.45) is 5.41 Å². The van der Waals surface area contributed by atoms with Crippen LogP contribution < -0.4 is 5.32 Å². The van der Waals surface area contributed by atoms with Crippen LogP contribution in [0.25, 0.3) is 0 Å². The first-order valence-electron chi connectivity index (χ1n) is 5.47. The zero-order valence-corrected chi connectivity index (χ0v) is 10.3. The predicted molar refractivity (Wildman–Crippen MR) is 63.8 cm³/mol. The van der Waals surface area contributed by atoms with E-state index in [2.05, 4.69) is 10.3 Å². The lowest BCUT2D eigenvalue weighted by atomic mass is 9.84. The zero-order chi connectivity index (χ0) is 13.1. The minimum Gasteiger partial charge on any atom is -0.481 e. The predicted octanol–water partition coefficient (Wildman–Crippen LogP) is 1.63. The zero-order valence-electron chi connectivity index (χ0n) is 10.3. The minimum atomic E-state index is -0.920. The largest absolute Gasteiger partial charge is 0.481 e. The van der Waals surface area contributed by atoms with E-state index < -0.39 is 12.0 Å². The van der Waals surface area contributed by atoms with Crippen LogP contribution in [-0.4, -0.2) is 28.0 Å². The van der Waals surface area contributed by atoms with Crippen LogP contribution in [-0.2, 0) is 4.79 Å². The first kappa shape index (κ1) is 13.3. The maximum absolute atomic E-state index is 11.8. The lowest BCUT2D eigenvalue weighted by Crippen LogP contribution is -2.45. The number of aromatic amines is 1. The molecule has 0 saturated carbocycles. The minimum absolute atomic E-state index is 0.0874. The van der Waals surface area contributed by atoms with Gasteiger partial charge in [-0.1, -0.05) is 20.8 Å². The van der Waals surface area contributed by atoms with Gasteiger partial charge < -0.3 is 15.4 Å². The van der Waals surface area contributed by atoms with E-state index >= 15 is 0 Å². The molecule has 1 atom stereocenters. The molecule has 5 nitrogen and oxygen atoms in total. The van der Waals surface area contributed by atoms with Gasteiger partial charge in [0.1, 0.15) is 5.69 Å². The van der Waals surface area contributed by atoms with E-state index in [1.807, 2.05) is 20.8 Å². The lowest BCUT2D eigenvalue weighted by Gasteiger charge is -2.30. The summed E-state index contributed by atoms with van der Waals surface area (Å²) in [6.45, 7) is 5.70. The van der Waals surface area contributed by atoms with Crippen molar-refractivity contribution in [3.8, 4) is 0 Å². The molecule has 1 amide bonds. The maximum atomic E-state index is 11.8. The Balaban J connectivity index is 2.73. The van der Waals surface area contributed by atoms with Gasteiger partial charge in [0.15, 0.2) is 0 Å². The molecule has 5 heteroatoms. The van der Waals surface area contributed by atoms with E-state index in [1.165, 1.54) is 0 Å². The molecule has 1 rings (SSSR count). The van der Waals surface area contributed by atoms with Gasteiger partial charge in [0.2, 0.25) is 0 Å². The Morgan fingerprint density at radius 2 is 2.12 bits per heavy atom. The Bertz CT molecular complexity index is 390. The SMILES string of the molecule is CC(C)(C)C(CC(=O)O)NC(=O)c1ccc[nH]1. The number of carboxylic acids is 1. The number of amides is 1. The molecule has 0 bridgehead atoms. The van der Waals surface area contributed by atoms with Gasteiger partial charge in [-0.2, -0.15) is 0 Å². The first-order valence-corrected chi connectivity index (χ1v) is 5.47. The third-order valence-corrected chi connectivity index (χ3v) is 2.57. The monoisotopic (exact) mass is 238 g/mol. The molecule has 0 aliphatic rings. The summed E-state index contributed by atoms with van der Waals surface area (Å²) in [6, 6.07) is 2.96. The Kier molecular flexibility index (Phi) is 3.93. The van der Waals surface area contributed by atoms with E-state index in [4.69, 9.17) is 5.11 Å². The Labute approximate surface area is 100 Å². The van der Waals surface area contributed by atoms with Gasteiger partial charge in [-0.25, -0.2) is 0 Å². The second kappa shape index (κ2) is 5.03. The Morgan fingerprint density at radius 1 is 1.47 bits per heavy atom. The van der Waals surface area contributed by atoms with E-state index in [0.717, 1.165) is 0 Å². The van der Waals surface area contributed by atoms with Crippen LogP contribution >= 0.6 is 0 Å². The molecule has 3 N–H and O–H groups in total. The van der Waals surface area contributed by atoms with E-state index in [1.54, 1.807) is 18.3 Å². The number of hydrogen-bond donors (Lipinski definition) is 3. The molecule has 1 aromatic rings. The number of H-pyrrole nitrogens is 1. The van der Waals surface area contributed by atoms with Gasteiger partial charge in [-0.05, 0) is 17.5 Å². The second-order valence-corrected chi connectivity index (χ2v) is 5.07. The van der Waals surface area contributed by atoms with Crippen LogP contribution in [0.2, 0.25) is 0 Å². The molecule has 1 heterocycles. The van der Waals surface area contributed by atoms with E-state index in [9.17, 15) is 9.59 Å². The molecular weight excluding hydrogens is 220 g/mol. The quantitative estimate of drug-likeness (QED) is 0.745. The Morgan fingerprint density at radius 3 is 2.53 bits per heavy atom. The summed E-state index contributed by atoms with van der Waals surface area (Å²) in [5, 5.41) is 11.6. The fourth-order valence-electron chi connectivity index (χ4n) is 1.46. The van der Waals surface area contributed by atoms with Crippen molar-refractivity contribution in [1.82, 2.24) is 10.3 Å². The van der Waals surface area contributed by atoms with Crippen molar-refractivity contribution < 1.29 is 14.7 Å². The van der Waals surface area contributed by atoms with E-state index in [-0.39, 0.29) is 17.7 Å². The summed E-state index contributed by atoms with van der Waals surface area (Å²) < 4.78 is 0. The van der Waals surface area contributed by atoms with Gasteiger partial charge in [-0.3, -0.25) is 9.59 Å². The fraction of sp³-hybridized carbons (Fsp3) is 0.500. The molecule has 0 aromatic carbocycles. The summed E-state index contributed by atoms with van der Waals surface area (Å²) in [5.41, 5.74) is 0.130. The topological polar surface area (TPSA) is 82.2 Å². The van der Waals surface area contributed by atoms with Gasteiger partial charge in [0.05, 0.1) is 6.42 Å². The van der Waals surface area contributed by atoms with Crippen molar-refractivity contribution in [2.45, 2.75) is 33.2 Å². The molecule has 0 spiro atoms. The summed E-state index contributed by atoms with van der Waals surface area (Å²) in [6.07, 6.45) is 1.56. The standard InChI is InChI=1S/C12H18N2O3/c1-12(2,3)9(7-10(15)16)14-11(17)8-5-4-6-13-8/h4-6,9,13H,7H2,1-3H3,(H,14,17)(H,15,16). The highest BCUT2D eigenvalue weighted by molar-refractivity contribution is 5.92. The van der Waals surface area contributed by atoms with Gasteiger partial charge in [-0.15, -0.1) is 0 Å². The van der Waals surface area contributed by atoms with Crippen LogP contribution in [0.15, 0.2) is 18.3 Å². The third kappa shape index (κ3) is 3.94. The van der Waals surface area contributed by atoms with E-state index in [0.29, 0.717) is 5.69 Å². The number of carboxylic acid groups (broad SMARTS) is 1. The number of aliphatic carboxylic acids is 1. The first-order chi connectivity index (χ1) is 7.80. The molecule has 0 aliphatic heterocycles. The number of carbonyl (C=O) groups excluding carboxylic acids is 1. The number of rotatable bonds is 4. The van der Waals surface area contributed by atoms with Crippen LogP contribution in [0, 0.1) is 5.41 Å². The molecule has 0 fully saturated rings. The molecule has 0 radical (unpaired) electrons. The maximum Gasteiger partial charge on any atom is 0.305 e. The summed E-state index contributed by atoms with van der Waals surface area (Å²) >= 11 is 0. The number of hydrogen-bond acceptors (Lipinski definition) is 2. The number of nitrogens with one attached hydrogen (secondary N) is 2. The third-order valence-electron chi connectivity index (χ3n) is 2.57. The number of carbonyl (C=O) groups is 2. The van der Waals surface area contributed by atoms with Crippen molar-refractivity contribution >= 4 is 11.9 Å². The number of aromatic nitrogens is 1. The van der Waals surface area contributed by atoms with Crippen molar-refractivity contribution in [2.75, 3.05) is 0 Å². The highest BCUT2D eigenvalue weighted by Gasteiger charge is 2.28. The molecule has 1 aromatic heterocycles. The summed E-state index contributed by atoms with van der Waals surface area (Å²) in [7, 11) is 0. The van der Waals surface area contributed by atoms with Crippen molar-refractivity contribution in [3.63, 3.8) is 0 Å². The molecule has 17 heavy (non-hydrogen) atoms. The van der Waals surface area contributed by atoms with Gasteiger partial charge >= 0.3 is 5.97 Å². The molecule has 0 saturated heterocycles. The van der Waals surface area contributed by atoms with Crippen LogP contribution in [0.3, 0.4) is 0 Å². The molecule has 94 valence electrons. The van der Waals surface area contributed by atoms with Gasteiger partial charge in [0.25, 0.3) is 5.91 Å². The second-order valence-electron chi connectivity index (χ2n) is 5.07. The lowest BCUT2D eigenvalue weighted by molar-refractivity contribution is -0.138. The average Bonchev–Trinajstić information content (AvgIpc) is 2.66.